The highest BCUT2D eigenvalue weighted by Gasteiger charge is 2.18. The lowest BCUT2D eigenvalue weighted by atomic mass is 10.2. The van der Waals surface area contributed by atoms with Crippen molar-refractivity contribution < 1.29 is 14.3 Å². The molecule has 0 saturated carbocycles. The molecule has 2 rings (SSSR count). The molecule has 20 heavy (non-hydrogen) atoms. The van der Waals surface area contributed by atoms with Crippen LogP contribution >= 0.6 is 0 Å². The van der Waals surface area contributed by atoms with Crippen molar-refractivity contribution >= 4 is 6.03 Å². The molecule has 0 aromatic heterocycles. The van der Waals surface area contributed by atoms with Crippen LogP contribution in [0.3, 0.4) is 0 Å². The van der Waals surface area contributed by atoms with Crippen LogP contribution in [0.15, 0.2) is 24.3 Å². The first-order valence-corrected chi connectivity index (χ1v) is 6.98. The number of hydrogen-bond donors (Lipinski definition) is 1. The number of nitrogens with zero attached hydrogens (tertiary/aromatic N) is 1. The zero-order valence-corrected chi connectivity index (χ0v) is 12.1. The fourth-order valence-corrected chi connectivity index (χ4v) is 2.04. The first kappa shape index (κ1) is 14.7. The van der Waals surface area contributed by atoms with E-state index in [-0.39, 0.29) is 12.1 Å². The van der Waals surface area contributed by atoms with Crippen molar-refractivity contribution in [3.8, 4) is 5.75 Å². The van der Waals surface area contributed by atoms with E-state index in [2.05, 4.69) is 5.32 Å². The van der Waals surface area contributed by atoms with Crippen LogP contribution in [0.25, 0.3) is 0 Å². The van der Waals surface area contributed by atoms with Crippen LogP contribution in [0, 0.1) is 6.92 Å². The number of urea groups is 1. The summed E-state index contributed by atoms with van der Waals surface area (Å²) in [5.74, 6) is 0.831. The Kier molecular flexibility index (Phi) is 5.24. The van der Waals surface area contributed by atoms with Gasteiger partial charge in [0, 0.05) is 13.1 Å². The van der Waals surface area contributed by atoms with Crippen molar-refractivity contribution in [2.45, 2.75) is 19.9 Å². The van der Waals surface area contributed by atoms with Crippen molar-refractivity contribution in [3.05, 3.63) is 29.8 Å². The molecular formula is C15H22N2O3. The van der Waals surface area contributed by atoms with E-state index in [1.807, 2.05) is 38.1 Å². The molecule has 5 nitrogen and oxygen atoms in total. The summed E-state index contributed by atoms with van der Waals surface area (Å²) in [5.41, 5.74) is 1.16. The first-order valence-electron chi connectivity index (χ1n) is 6.98. The van der Waals surface area contributed by atoms with Gasteiger partial charge >= 0.3 is 6.03 Å². The second-order valence-corrected chi connectivity index (χ2v) is 5.08. The lowest BCUT2D eigenvalue weighted by Gasteiger charge is -2.28. The van der Waals surface area contributed by atoms with Gasteiger partial charge in [-0.2, -0.15) is 0 Å². The molecule has 1 aromatic rings. The van der Waals surface area contributed by atoms with Crippen LogP contribution in [-0.2, 0) is 4.74 Å². The molecule has 0 radical (unpaired) electrons. The molecule has 110 valence electrons. The predicted octanol–water partition coefficient (Wildman–Crippen LogP) is 1.80. The van der Waals surface area contributed by atoms with Crippen molar-refractivity contribution in [1.82, 2.24) is 10.2 Å². The van der Waals surface area contributed by atoms with E-state index in [4.69, 9.17) is 9.47 Å². The Morgan fingerprint density at radius 3 is 2.90 bits per heavy atom. The number of amides is 2. The average molecular weight is 278 g/mol. The first-order chi connectivity index (χ1) is 9.65. The summed E-state index contributed by atoms with van der Waals surface area (Å²) in [4.78, 5) is 13.7. The van der Waals surface area contributed by atoms with Crippen LogP contribution in [0.5, 0.6) is 5.75 Å². The quantitative estimate of drug-likeness (QED) is 0.913. The number of aryl methyl sites for hydroxylation is 1. The fourth-order valence-electron chi connectivity index (χ4n) is 2.04. The molecule has 1 heterocycles. The molecule has 0 spiro atoms. The topological polar surface area (TPSA) is 50.8 Å². The smallest absolute Gasteiger partial charge is 0.317 e. The molecule has 1 saturated heterocycles. The van der Waals surface area contributed by atoms with Crippen molar-refractivity contribution in [1.29, 1.82) is 0 Å². The molecule has 5 heteroatoms. The maximum atomic E-state index is 12.0. The second-order valence-electron chi connectivity index (χ2n) is 5.08. The lowest BCUT2D eigenvalue weighted by Crippen LogP contribution is -2.49. The van der Waals surface area contributed by atoms with Gasteiger partial charge in [-0.3, -0.25) is 0 Å². The summed E-state index contributed by atoms with van der Waals surface area (Å²) in [5, 5.41) is 2.94. The van der Waals surface area contributed by atoms with E-state index in [1.165, 1.54) is 0 Å². The minimum atomic E-state index is -0.0476. The summed E-state index contributed by atoms with van der Waals surface area (Å²) in [6.07, 6.45) is 0. The van der Waals surface area contributed by atoms with Gasteiger partial charge < -0.3 is 19.7 Å². The number of hydrogen-bond acceptors (Lipinski definition) is 3. The van der Waals surface area contributed by atoms with Crippen LogP contribution in [0.4, 0.5) is 4.79 Å². The molecule has 1 N–H and O–H groups in total. The lowest BCUT2D eigenvalue weighted by molar-refractivity contribution is 0.0522. The molecule has 0 bridgehead atoms. The molecule has 1 atom stereocenters. The Morgan fingerprint density at radius 1 is 1.45 bits per heavy atom. The van der Waals surface area contributed by atoms with Gasteiger partial charge in [-0.1, -0.05) is 12.1 Å². The van der Waals surface area contributed by atoms with Gasteiger partial charge in [-0.05, 0) is 31.5 Å². The molecule has 0 aliphatic carbocycles. The van der Waals surface area contributed by atoms with Crippen LogP contribution in [0.1, 0.15) is 12.5 Å². The highest BCUT2D eigenvalue weighted by molar-refractivity contribution is 5.74. The van der Waals surface area contributed by atoms with Gasteiger partial charge in [-0.25, -0.2) is 4.79 Å². The van der Waals surface area contributed by atoms with E-state index in [1.54, 1.807) is 4.90 Å². The third-order valence-electron chi connectivity index (χ3n) is 3.16. The van der Waals surface area contributed by atoms with Crippen molar-refractivity contribution in [2.24, 2.45) is 0 Å². The molecule has 1 aromatic carbocycles. The zero-order valence-electron chi connectivity index (χ0n) is 12.1. The van der Waals surface area contributed by atoms with E-state index in [0.717, 1.165) is 11.3 Å². The van der Waals surface area contributed by atoms with E-state index >= 15 is 0 Å². The monoisotopic (exact) mass is 278 g/mol. The van der Waals surface area contributed by atoms with Crippen LogP contribution < -0.4 is 10.1 Å². The van der Waals surface area contributed by atoms with Gasteiger partial charge in [0.05, 0.1) is 19.3 Å². The normalized spacial score (nSPS) is 16.6. The number of carbonyl (C=O) groups excluding carboxylic acids is 1. The Labute approximate surface area is 119 Å². The fraction of sp³-hybridized carbons (Fsp3) is 0.533. The molecule has 2 amide bonds. The summed E-state index contributed by atoms with van der Waals surface area (Å²) < 4.78 is 10.9. The molecule has 1 aliphatic rings. The summed E-state index contributed by atoms with van der Waals surface area (Å²) in [7, 11) is 0. The van der Waals surface area contributed by atoms with Crippen molar-refractivity contribution in [3.63, 3.8) is 0 Å². The minimum absolute atomic E-state index is 0.0362. The summed E-state index contributed by atoms with van der Waals surface area (Å²) in [6.45, 7) is 6.95. The molecule has 1 fully saturated rings. The SMILES string of the molecule is Cc1cccc(OCC(C)NC(=O)N2CCOCC2)c1. The molecule has 1 aliphatic heterocycles. The predicted molar refractivity (Wildman–Crippen MR) is 77.1 cm³/mol. The number of rotatable bonds is 4. The highest BCUT2D eigenvalue weighted by atomic mass is 16.5. The molecular weight excluding hydrogens is 256 g/mol. The highest BCUT2D eigenvalue weighted by Crippen LogP contribution is 2.12. The average Bonchev–Trinajstić information content (AvgIpc) is 2.46. The zero-order chi connectivity index (χ0) is 14.4. The Morgan fingerprint density at radius 2 is 2.20 bits per heavy atom. The van der Waals surface area contributed by atoms with Gasteiger partial charge in [0.2, 0.25) is 0 Å². The third kappa shape index (κ3) is 4.42. The number of carbonyl (C=O) groups is 1. The Balaban J connectivity index is 1.74. The Hall–Kier alpha value is -1.75. The minimum Gasteiger partial charge on any atom is -0.491 e. The molecule has 1 unspecified atom stereocenters. The maximum absolute atomic E-state index is 12.0. The van der Waals surface area contributed by atoms with Gasteiger partial charge in [0.15, 0.2) is 0 Å². The largest absolute Gasteiger partial charge is 0.491 e. The second kappa shape index (κ2) is 7.14. The summed E-state index contributed by atoms with van der Waals surface area (Å²) in [6, 6.07) is 7.80. The van der Waals surface area contributed by atoms with Crippen molar-refractivity contribution in [2.75, 3.05) is 32.9 Å². The van der Waals surface area contributed by atoms with E-state index in [9.17, 15) is 4.79 Å². The maximum Gasteiger partial charge on any atom is 0.317 e. The number of morpholine rings is 1. The Bertz CT molecular complexity index is 444. The summed E-state index contributed by atoms with van der Waals surface area (Å²) >= 11 is 0. The third-order valence-corrected chi connectivity index (χ3v) is 3.16. The van der Waals surface area contributed by atoms with Gasteiger partial charge in [-0.15, -0.1) is 0 Å². The van der Waals surface area contributed by atoms with Gasteiger partial charge in [0.25, 0.3) is 0 Å². The number of benzene rings is 1. The number of nitrogens with one attached hydrogen (secondary N) is 1. The number of ether oxygens (including phenoxy) is 2. The van der Waals surface area contributed by atoms with E-state index < -0.39 is 0 Å². The van der Waals surface area contributed by atoms with Crippen LogP contribution in [0.2, 0.25) is 0 Å². The van der Waals surface area contributed by atoms with Gasteiger partial charge in [0.1, 0.15) is 12.4 Å². The standard InChI is InChI=1S/C15H22N2O3/c1-12-4-3-5-14(10-12)20-11-13(2)16-15(18)17-6-8-19-9-7-17/h3-5,10,13H,6-9,11H2,1-2H3,(H,16,18). The van der Waals surface area contributed by atoms with E-state index in [0.29, 0.717) is 32.9 Å². The van der Waals surface area contributed by atoms with Crippen LogP contribution in [-0.4, -0.2) is 49.9 Å².